The topological polar surface area (TPSA) is 46.5 Å². The molecule has 22 heavy (non-hydrogen) atoms. The highest BCUT2D eigenvalue weighted by atomic mass is 32.2. The molecule has 0 aliphatic rings. The first-order chi connectivity index (χ1) is 10.6. The van der Waals surface area contributed by atoms with E-state index in [1.165, 1.54) is 16.3 Å². The molecule has 1 N–H and O–H groups in total. The van der Waals surface area contributed by atoms with E-state index >= 15 is 0 Å². The Morgan fingerprint density at radius 2 is 1.73 bits per heavy atom. The van der Waals surface area contributed by atoms with E-state index in [0.29, 0.717) is 17.3 Å². The summed E-state index contributed by atoms with van der Waals surface area (Å²) in [5.41, 5.74) is 2.35. The zero-order valence-electron chi connectivity index (χ0n) is 12.2. The number of hydrogen-bond acceptors (Lipinski definition) is 2. The highest BCUT2D eigenvalue weighted by molar-refractivity contribution is 7.79. The van der Waals surface area contributed by atoms with Gasteiger partial charge in [0.05, 0.1) is 4.90 Å². The van der Waals surface area contributed by atoms with Gasteiger partial charge in [0, 0.05) is 5.56 Å². The molecule has 3 rings (SSSR count). The summed E-state index contributed by atoms with van der Waals surface area (Å²) in [7, 11) is 0. The quantitative estimate of drug-likeness (QED) is 0.730. The van der Waals surface area contributed by atoms with Gasteiger partial charge >= 0.3 is 0 Å². The minimum absolute atomic E-state index is 0.369. The minimum atomic E-state index is -1.95. The molecule has 0 radical (unpaired) electrons. The number of ether oxygens (including phenoxy) is 1. The predicted octanol–water partition coefficient (Wildman–Crippen LogP) is 4.31. The van der Waals surface area contributed by atoms with Gasteiger partial charge in [-0.1, -0.05) is 36.4 Å². The smallest absolute Gasteiger partial charge is 0.186 e. The van der Waals surface area contributed by atoms with Crippen LogP contribution in [0.5, 0.6) is 5.75 Å². The van der Waals surface area contributed by atoms with Crippen LogP contribution in [-0.2, 0) is 17.7 Å². The molecule has 0 spiro atoms. The first-order valence-electron chi connectivity index (χ1n) is 6.96. The molecule has 0 heterocycles. The molecule has 0 saturated carbocycles. The molecule has 0 fully saturated rings. The molecule has 4 heteroatoms. The molecule has 0 aliphatic heterocycles. The maximum atomic E-state index is 11.0. The van der Waals surface area contributed by atoms with E-state index in [-0.39, 0.29) is 0 Å². The molecule has 3 nitrogen and oxygen atoms in total. The van der Waals surface area contributed by atoms with Crippen molar-refractivity contribution in [1.29, 1.82) is 0 Å². The highest BCUT2D eigenvalue weighted by Gasteiger charge is 2.06. The molecule has 1 atom stereocenters. The van der Waals surface area contributed by atoms with E-state index in [0.717, 1.165) is 5.56 Å². The summed E-state index contributed by atoms with van der Waals surface area (Å²) >= 11 is -1.95. The van der Waals surface area contributed by atoms with Crippen molar-refractivity contribution in [3.8, 4) is 5.75 Å². The van der Waals surface area contributed by atoms with E-state index in [1.54, 1.807) is 24.3 Å². The monoisotopic (exact) mass is 312 g/mol. The van der Waals surface area contributed by atoms with Crippen LogP contribution in [-0.4, -0.2) is 8.76 Å². The Morgan fingerprint density at radius 3 is 2.45 bits per heavy atom. The van der Waals surface area contributed by atoms with Gasteiger partial charge in [0.25, 0.3) is 0 Å². The van der Waals surface area contributed by atoms with Gasteiger partial charge in [0.15, 0.2) is 11.1 Å². The van der Waals surface area contributed by atoms with Crippen molar-refractivity contribution < 1.29 is 13.5 Å². The summed E-state index contributed by atoms with van der Waals surface area (Å²) in [6.07, 6.45) is 0. The summed E-state index contributed by atoms with van der Waals surface area (Å²) in [5.74, 6) is 0.682. The van der Waals surface area contributed by atoms with Crippen LogP contribution in [0.1, 0.15) is 11.1 Å². The van der Waals surface area contributed by atoms with Crippen LogP contribution in [0.15, 0.2) is 65.6 Å². The van der Waals surface area contributed by atoms with Gasteiger partial charge in [-0.15, -0.1) is 0 Å². The molecule has 0 bridgehead atoms. The average molecular weight is 312 g/mol. The molecule has 0 aromatic heterocycles. The van der Waals surface area contributed by atoms with Crippen molar-refractivity contribution >= 4 is 21.9 Å². The van der Waals surface area contributed by atoms with Crippen LogP contribution in [0.4, 0.5) is 0 Å². The lowest BCUT2D eigenvalue weighted by molar-refractivity contribution is 0.306. The van der Waals surface area contributed by atoms with E-state index in [4.69, 9.17) is 9.29 Å². The molecule has 0 amide bonds. The van der Waals surface area contributed by atoms with Crippen LogP contribution in [0.2, 0.25) is 0 Å². The van der Waals surface area contributed by atoms with Gasteiger partial charge in [-0.05, 0) is 47.5 Å². The Balaban J connectivity index is 1.84. The Hall–Kier alpha value is -2.17. The normalized spacial score (nSPS) is 12.3. The van der Waals surface area contributed by atoms with Crippen LogP contribution >= 0.6 is 0 Å². The van der Waals surface area contributed by atoms with Crippen molar-refractivity contribution in [1.82, 2.24) is 0 Å². The largest absolute Gasteiger partial charge is 0.489 e. The average Bonchev–Trinajstić information content (AvgIpc) is 2.54. The van der Waals surface area contributed by atoms with Crippen LogP contribution in [0.25, 0.3) is 10.8 Å². The lowest BCUT2D eigenvalue weighted by atomic mass is 10.0. The Bertz CT molecular complexity index is 825. The lowest BCUT2D eigenvalue weighted by Crippen LogP contribution is -1.99. The fraction of sp³-hybridized carbons (Fsp3) is 0.111. The summed E-state index contributed by atoms with van der Waals surface area (Å²) in [6, 6.07) is 19.1. The van der Waals surface area contributed by atoms with E-state index in [1.807, 2.05) is 12.1 Å². The first kappa shape index (κ1) is 14.8. The molecule has 1 unspecified atom stereocenters. The number of fused-ring (bicyclic) bond motifs is 1. The standard InChI is InChI=1S/C18H16O3S/c1-13-6-7-14-4-2-3-5-17(14)18(13)12-21-15-8-10-16(11-9-15)22(19)20/h2-11H,12H2,1H3,(H,19,20). The number of rotatable bonds is 4. The fourth-order valence-electron chi connectivity index (χ4n) is 2.44. The second kappa shape index (κ2) is 6.30. The maximum absolute atomic E-state index is 11.0. The molecule has 0 saturated heterocycles. The molecular weight excluding hydrogens is 296 g/mol. The van der Waals surface area contributed by atoms with Crippen molar-refractivity contribution in [2.45, 2.75) is 18.4 Å². The van der Waals surface area contributed by atoms with Gasteiger partial charge in [-0.2, -0.15) is 0 Å². The predicted molar refractivity (Wildman–Crippen MR) is 88.5 cm³/mol. The van der Waals surface area contributed by atoms with Crippen molar-refractivity contribution in [2.24, 2.45) is 0 Å². The van der Waals surface area contributed by atoms with Crippen LogP contribution < -0.4 is 4.74 Å². The Morgan fingerprint density at radius 1 is 1.00 bits per heavy atom. The highest BCUT2D eigenvalue weighted by Crippen LogP contribution is 2.24. The summed E-state index contributed by atoms with van der Waals surface area (Å²) in [5, 5.41) is 2.38. The van der Waals surface area contributed by atoms with Gasteiger partial charge in [-0.25, -0.2) is 4.21 Å². The number of hydrogen-bond donors (Lipinski definition) is 1. The van der Waals surface area contributed by atoms with Crippen molar-refractivity contribution in [3.05, 3.63) is 71.8 Å². The van der Waals surface area contributed by atoms with Gasteiger partial charge < -0.3 is 9.29 Å². The first-order valence-corrected chi connectivity index (χ1v) is 8.07. The van der Waals surface area contributed by atoms with Crippen LogP contribution in [0, 0.1) is 6.92 Å². The van der Waals surface area contributed by atoms with Gasteiger partial charge in [-0.3, -0.25) is 0 Å². The number of aryl methyl sites for hydroxylation is 1. The fourth-order valence-corrected chi connectivity index (χ4v) is 2.81. The summed E-state index contributed by atoms with van der Waals surface area (Å²) < 4.78 is 25.8. The minimum Gasteiger partial charge on any atom is -0.489 e. The molecule has 3 aromatic rings. The summed E-state index contributed by atoms with van der Waals surface area (Å²) in [6.45, 7) is 2.54. The number of benzene rings is 3. The third-order valence-electron chi connectivity index (χ3n) is 3.68. The third-order valence-corrected chi connectivity index (χ3v) is 4.36. The van der Waals surface area contributed by atoms with Gasteiger partial charge in [0.2, 0.25) is 0 Å². The lowest BCUT2D eigenvalue weighted by Gasteiger charge is -2.12. The summed E-state index contributed by atoms with van der Waals surface area (Å²) in [4.78, 5) is 0.369. The van der Waals surface area contributed by atoms with Gasteiger partial charge in [0.1, 0.15) is 12.4 Å². The molecule has 0 aliphatic carbocycles. The van der Waals surface area contributed by atoms with Crippen LogP contribution in [0.3, 0.4) is 0 Å². The Kier molecular flexibility index (Phi) is 4.22. The SMILES string of the molecule is Cc1ccc2ccccc2c1COc1ccc(S(=O)O)cc1. The van der Waals surface area contributed by atoms with E-state index < -0.39 is 11.1 Å². The molecule has 112 valence electrons. The second-order valence-electron chi connectivity index (χ2n) is 5.09. The molecular formula is C18H16O3S. The zero-order valence-corrected chi connectivity index (χ0v) is 13.0. The van der Waals surface area contributed by atoms with E-state index in [2.05, 4.69) is 31.2 Å². The Labute approximate surface area is 131 Å². The third kappa shape index (κ3) is 3.03. The zero-order chi connectivity index (χ0) is 15.5. The van der Waals surface area contributed by atoms with Crippen molar-refractivity contribution in [3.63, 3.8) is 0 Å². The second-order valence-corrected chi connectivity index (χ2v) is 6.06. The van der Waals surface area contributed by atoms with E-state index in [9.17, 15) is 4.21 Å². The maximum Gasteiger partial charge on any atom is 0.186 e. The molecule has 3 aromatic carbocycles. The van der Waals surface area contributed by atoms with Crippen molar-refractivity contribution in [2.75, 3.05) is 0 Å².